The number of benzene rings is 3. The van der Waals surface area contributed by atoms with Crippen molar-refractivity contribution in [3.8, 4) is 11.5 Å². The highest BCUT2D eigenvalue weighted by Gasteiger charge is 2.41. The molecule has 3 aromatic carbocycles. The maximum atomic E-state index is 13.1. The highest BCUT2D eigenvalue weighted by atomic mass is 35.5. The fourth-order valence-electron chi connectivity index (χ4n) is 3.29. The maximum Gasteiger partial charge on any atom is 0.349 e. The molecule has 0 fully saturated rings. The number of hydrogen-bond donors (Lipinski definition) is 3. The quantitative estimate of drug-likeness (QED) is 0.231. The predicted octanol–water partition coefficient (Wildman–Crippen LogP) is 3.31. The van der Waals surface area contributed by atoms with Crippen molar-refractivity contribution in [3.05, 3.63) is 93.5 Å². The number of carbonyl (C=O) groups excluding carboxylic acids is 4. The van der Waals surface area contributed by atoms with Crippen molar-refractivity contribution in [2.45, 2.75) is 12.2 Å². The van der Waals surface area contributed by atoms with E-state index in [-0.39, 0.29) is 38.2 Å². The average molecular weight is 605 g/mol. The number of carbonyl (C=O) groups is 5. The molecule has 0 unspecified atom stereocenters. The summed E-state index contributed by atoms with van der Waals surface area (Å²) in [5.74, 6) is -5.85. The van der Waals surface area contributed by atoms with Gasteiger partial charge in [-0.25, -0.2) is 14.4 Å². The molecule has 0 saturated carbocycles. The Labute approximate surface area is 243 Å². The lowest BCUT2D eigenvalue weighted by molar-refractivity contribution is -0.159. The van der Waals surface area contributed by atoms with Gasteiger partial charge in [-0.05, 0) is 54.6 Å². The summed E-state index contributed by atoms with van der Waals surface area (Å²) in [6, 6.07) is 15.1. The van der Waals surface area contributed by atoms with Crippen LogP contribution in [0.15, 0.2) is 66.7 Å². The fourth-order valence-corrected chi connectivity index (χ4v) is 3.79. The normalized spacial score (nSPS) is 11.8. The predicted molar refractivity (Wildman–Crippen MR) is 144 cm³/mol. The molecule has 0 aliphatic carbocycles. The van der Waals surface area contributed by atoms with Gasteiger partial charge >= 0.3 is 17.9 Å². The van der Waals surface area contributed by atoms with Gasteiger partial charge in [0.25, 0.3) is 11.8 Å². The molecule has 3 rings (SSSR count). The van der Waals surface area contributed by atoms with Crippen molar-refractivity contribution in [3.63, 3.8) is 0 Å². The molecule has 214 valence electrons. The summed E-state index contributed by atoms with van der Waals surface area (Å²) in [6.07, 6.45) is -4.62. The number of amides is 2. The van der Waals surface area contributed by atoms with Gasteiger partial charge in [0.05, 0.1) is 35.9 Å². The summed E-state index contributed by atoms with van der Waals surface area (Å²) < 4.78 is 20.4. The van der Waals surface area contributed by atoms with E-state index in [2.05, 4.69) is 0 Å². The van der Waals surface area contributed by atoms with E-state index in [1.807, 2.05) is 10.9 Å². The zero-order chi connectivity index (χ0) is 30.1. The summed E-state index contributed by atoms with van der Waals surface area (Å²) in [5.41, 5.74) is 3.70. The van der Waals surface area contributed by atoms with E-state index < -0.39 is 41.9 Å². The molecule has 2 amide bonds. The van der Waals surface area contributed by atoms with Crippen molar-refractivity contribution in [1.29, 1.82) is 0 Å². The Morgan fingerprint density at radius 3 is 1.76 bits per heavy atom. The highest BCUT2D eigenvalue weighted by molar-refractivity contribution is 6.36. The number of methoxy groups -OCH3 is 2. The fraction of sp³-hybridized carbons (Fsp3) is 0.148. The van der Waals surface area contributed by atoms with E-state index in [1.54, 1.807) is 0 Å². The lowest BCUT2D eigenvalue weighted by atomic mass is 10.1. The summed E-state index contributed by atoms with van der Waals surface area (Å²) >= 11 is 11.8. The van der Waals surface area contributed by atoms with Crippen LogP contribution in [0.3, 0.4) is 0 Å². The number of halogens is 2. The number of ether oxygens (including phenoxy) is 4. The van der Waals surface area contributed by atoms with Gasteiger partial charge in [0.2, 0.25) is 12.2 Å². The first-order valence-corrected chi connectivity index (χ1v) is 12.3. The summed E-state index contributed by atoms with van der Waals surface area (Å²) in [5, 5.41) is 10.1. The molecule has 2 atom stereocenters. The van der Waals surface area contributed by atoms with Crippen LogP contribution in [0.2, 0.25) is 10.0 Å². The first-order chi connectivity index (χ1) is 19.5. The third kappa shape index (κ3) is 8.10. The molecule has 0 radical (unpaired) electrons. The first-order valence-electron chi connectivity index (χ1n) is 11.5. The molecular weight excluding hydrogens is 583 g/mol. The van der Waals surface area contributed by atoms with E-state index in [1.165, 1.54) is 80.9 Å². The van der Waals surface area contributed by atoms with Gasteiger partial charge in [0.15, 0.2) is 0 Å². The van der Waals surface area contributed by atoms with Crippen molar-refractivity contribution >= 4 is 52.9 Å². The van der Waals surface area contributed by atoms with Crippen LogP contribution < -0.4 is 20.3 Å². The van der Waals surface area contributed by atoms with Crippen LogP contribution in [0.1, 0.15) is 31.1 Å². The Morgan fingerprint density at radius 1 is 0.732 bits per heavy atom. The van der Waals surface area contributed by atoms with Crippen molar-refractivity contribution in [2.24, 2.45) is 0 Å². The third-order valence-corrected chi connectivity index (χ3v) is 5.88. The largest absolute Gasteiger partial charge is 0.497 e. The second kappa shape index (κ2) is 14.0. The number of nitrogens with one attached hydrogen (secondary N) is 2. The minimum atomic E-state index is -2.35. The standard InChI is InChI=1S/C27H22Cl2N2O10/c1-38-17-7-3-5-14(11-17)26(36)40-21(24(33)31-30-23(32)19-10-9-16(28)13-20(19)29)22(25(34)35)41-27(37)15-6-4-8-18(12-15)39-2/h3-13,21-22H,1-2H3,(H,30,32)(H,31,33)(H,34,35)/t21-,22+/m1/s1. The lowest BCUT2D eigenvalue weighted by Crippen LogP contribution is -2.54. The molecule has 3 N–H and O–H groups in total. The summed E-state index contributed by atoms with van der Waals surface area (Å²) in [7, 11) is 2.71. The summed E-state index contributed by atoms with van der Waals surface area (Å²) in [6.45, 7) is 0. The highest BCUT2D eigenvalue weighted by Crippen LogP contribution is 2.21. The molecule has 41 heavy (non-hydrogen) atoms. The van der Waals surface area contributed by atoms with Crippen LogP contribution in [0.25, 0.3) is 0 Å². The topological polar surface area (TPSA) is 167 Å². The second-order valence-electron chi connectivity index (χ2n) is 8.02. The Morgan fingerprint density at radius 2 is 1.27 bits per heavy atom. The minimum Gasteiger partial charge on any atom is -0.497 e. The molecule has 0 bridgehead atoms. The smallest absolute Gasteiger partial charge is 0.349 e. The molecule has 3 aromatic rings. The maximum absolute atomic E-state index is 13.1. The molecule has 14 heteroatoms. The van der Waals surface area contributed by atoms with Gasteiger partial charge in [-0.15, -0.1) is 0 Å². The number of rotatable bonds is 10. The van der Waals surface area contributed by atoms with Crippen LogP contribution in [0.5, 0.6) is 11.5 Å². The molecule has 0 heterocycles. The number of carboxylic acids is 1. The Hall–Kier alpha value is -4.81. The number of hydrazine groups is 1. The average Bonchev–Trinajstić information content (AvgIpc) is 2.97. The van der Waals surface area contributed by atoms with E-state index in [0.29, 0.717) is 0 Å². The van der Waals surface area contributed by atoms with Gasteiger partial charge in [0, 0.05) is 5.02 Å². The lowest BCUT2D eigenvalue weighted by Gasteiger charge is -2.23. The van der Waals surface area contributed by atoms with Crippen molar-refractivity contribution < 1.29 is 48.0 Å². The Bertz CT molecular complexity index is 1480. The van der Waals surface area contributed by atoms with E-state index in [4.69, 9.17) is 42.1 Å². The van der Waals surface area contributed by atoms with Crippen LogP contribution in [0, 0.1) is 0 Å². The Kier molecular flexibility index (Phi) is 10.5. The van der Waals surface area contributed by atoms with E-state index >= 15 is 0 Å². The molecule has 0 aliphatic rings. The third-order valence-electron chi connectivity index (χ3n) is 5.33. The van der Waals surface area contributed by atoms with Gasteiger partial charge in [-0.3, -0.25) is 20.4 Å². The molecule has 0 saturated heterocycles. The van der Waals surface area contributed by atoms with Gasteiger partial charge in [-0.2, -0.15) is 0 Å². The summed E-state index contributed by atoms with van der Waals surface area (Å²) in [4.78, 5) is 63.5. The first kappa shape index (κ1) is 30.7. The Balaban J connectivity index is 1.88. The van der Waals surface area contributed by atoms with Gasteiger partial charge < -0.3 is 24.1 Å². The van der Waals surface area contributed by atoms with Crippen LogP contribution >= 0.6 is 23.2 Å². The van der Waals surface area contributed by atoms with Crippen molar-refractivity contribution in [1.82, 2.24) is 10.9 Å². The minimum absolute atomic E-state index is 0.0408. The van der Waals surface area contributed by atoms with Gasteiger partial charge in [-0.1, -0.05) is 35.3 Å². The molecule has 0 aliphatic heterocycles. The van der Waals surface area contributed by atoms with Crippen LogP contribution in [-0.4, -0.2) is 61.3 Å². The number of aliphatic carboxylic acids is 1. The van der Waals surface area contributed by atoms with E-state index in [9.17, 15) is 29.1 Å². The monoisotopic (exact) mass is 604 g/mol. The number of esters is 2. The van der Waals surface area contributed by atoms with Crippen LogP contribution in [0.4, 0.5) is 0 Å². The molecule has 12 nitrogen and oxygen atoms in total. The second-order valence-corrected chi connectivity index (χ2v) is 8.87. The van der Waals surface area contributed by atoms with Crippen molar-refractivity contribution in [2.75, 3.05) is 14.2 Å². The number of hydrogen-bond acceptors (Lipinski definition) is 9. The molecular formula is C27H22Cl2N2O10. The SMILES string of the molecule is COc1cccc(C(=O)O[C@H](C(=O)O)[C@@H](OC(=O)c2cccc(OC)c2)C(=O)NNC(=O)c2ccc(Cl)cc2Cl)c1. The zero-order valence-electron chi connectivity index (χ0n) is 21.4. The van der Waals surface area contributed by atoms with Gasteiger partial charge in [0.1, 0.15) is 11.5 Å². The number of carboxylic acid groups (broad SMARTS) is 1. The zero-order valence-corrected chi connectivity index (χ0v) is 22.9. The van der Waals surface area contributed by atoms with Crippen LogP contribution in [-0.2, 0) is 19.1 Å². The molecule has 0 spiro atoms. The molecule has 0 aromatic heterocycles. The van der Waals surface area contributed by atoms with E-state index in [0.717, 1.165) is 0 Å².